The van der Waals surface area contributed by atoms with Gasteiger partial charge in [-0.2, -0.15) is 0 Å². The van der Waals surface area contributed by atoms with E-state index in [9.17, 15) is 19.1 Å². The Morgan fingerprint density at radius 1 is 1.45 bits per heavy atom. The van der Waals surface area contributed by atoms with Gasteiger partial charge in [-0.15, -0.1) is 11.3 Å². The number of esters is 1. The van der Waals surface area contributed by atoms with Crippen molar-refractivity contribution >= 4 is 40.7 Å². The summed E-state index contributed by atoms with van der Waals surface area (Å²) < 4.78 is 24.0. The predicted molar refractivity (Wildman–Crippen MR) is 119 cm³/mol. The number of rotatable bonds is 6. The van der Waals surface area contributed by atoms with Crippen LogP contribution >= 0.6 is 22.9 Å². The molecule has 1 aromatic carbocycles. The number of carboxylic acid groups (broad SMARTS) is 1. The van der Waals surface area contributed by atoms with Crippen LogP contribution in [0.15, 0.2) is 46.0 Å². The molecule has 2 aromatic rings. The molecule has 1 saturated heterocycles. The third-order valence-corrected chi connectivity index (χ3v) is 6.43. The molecule has 0 spiro atoms. The molecular weight excluding hydrogens is 475 g/mol. The summed E-state index contributed by atoms with van der Waals surface area (Å²) in [4.78, 5) is 35.3. The molecule has 33 heavy (non-hydrogen) atoms. The average Bonchev–Trinajstić information content (AvgIpc) is 3.33. The predicted octanol–water partition coefficient (Wildman–Crippen LogP) is 2.24. The highest BCUT2D eigenvalue weighted by Gasteiger charge is 2.36. The number of halogens is 2. The Labute approximate surface area is 197 Å². The summed E-state index contributed by atoms with van der Waals surface area (Å²) in [6, 6.07) is 2.04. The number of aliphatic carboxylic acids is 1. The van der Waals surface area contributed by atoms with Crippen LogP contribution in [0, 0.1) is 5.82 Å². The minimum atomic E-state index is -1.22. The first-order valence-electron chi connectivity index (χ1n) is 9.94. The molecule has 2 aliphatic heterocycles. The summed E-state index contributed by atoms with van der Waals surface area (Å²) in [5.74, 6) is -1.88. The number of aromatic nitrogens is 1. The molecule has 0 amide bonds. The van der Waals surface area contributed by atoms with E-state index in [2.05, 4.69) is 15.3 Å². The molecule has 2 atom stereocenters. The Kier molecular flexibility index (Phi) is 7.03. The number of ether oxygens (including phenoxy) is 2. The normalized spacial score (nSPS) is 21.4. The van der Waals surface area contributed by atoms with Crippen molar-refractivity contribution in [2.24, 2.45) is 4.99 Å². The van der Waals surface area contributed by atoms with Gasteiger partial charge in [0.2, 0.25) is 0 Å². The lowest BCUT2D eigenvalue weighted by Gasteiger charge is -2.36. The van der Waals surface area contributed by atoms with Gasteiger partial charge >= 0.3 is 11.9 Å². The lowest BCUT2D eigenvalue weighted by Crippen LogP contribution is -2.52. The second kappa shape index (κ2) is 9.96. The molecule has 1 unspecified atom stereocenters. The zero-order valence-electron chi connectivity index (χ0n) is 17.5. The van der Waals surface area contributed by atoms with Gasteiger partial charge in [-0.05, 0) is 12.1 Å². The number of carbonyl (C=O) groups excluding carboxylic acids is 1. The largest absolute Gasteiger partial charge is 0.478 e. The number of carboxylic acids is 1. The number of benzene rings is 1. The van der Waals surface area contributed by atoms with E-state index in [4.69, 9.17) is 21.1 Å². The summed E-state index contributed by atoms with van der Waals surface area (Å²) >= 11 is 7.61. The Bertz CT molecular complexity index is 1120. The minimum Gasteiger partial charge on any atom is -0.478 e. The zero-order chi connectivity index (χ0) is 23.5. The maximum absolute atomic E-state index is 13.7. The number of morpholine rings is 1. The van der Waals surface area contributed by atoms with Crippen LogP contribution in [-0.4, -0.2) is 72.2 Å². The summed E-state index contributed by atoms with van der Waals surface area (Å²) in [5.41, 5.74) is 0.609. The number of carbonyl (C=O) groups is 2. The Morgan fingerprint density at radius 3 is 2.94 bits per heavy atom. The molecular formula is C21H20ClFN4O5S. The van der Waals surface area contributed by atoms with E-state index in [0.29, 0.717) is 35.3 Å². The lowest BCUT2D eigenvalue weighted by molar-refractivity contribution is -0.152. The second-order valence-corrected chi connectivity index (χ2v) is 8.59. The van der Waals surface area contributed by atoms with Crippen molar-refractivity contribution in [2.75, 3.05) is 33.4 Å². The molecule has 0 radical (unpaired) electrons. The van der Waals surface area contributed by atoms with Gasteiger partial charge in [0.25, 0.3) is 0 Å². The van der Waals surface area contributed by atoms with Crippen molar-refractivity contribution in [3.63, 3.8) is 0 Å². The molecule has 0 saturated carbocycles. The van der Waals surface area contributed by atoms with Crippen LogP contribution in [0.2, 0.25) is 5.02 Å². The summed E-state index contributed by atoms with van der Waals surface area (Å²) in [6.45, 7) is 0.987. The van der Waals surface area contributed by atoms with Crippen molar-refractivity contribution in [3.05, 3.63) is 62.5 Å². The highest BCUT2D eigenvalue weighted by Crippen LogP contribution is 2.36. The van der Waals surface area contributed by atoms with Crippen molar-refractivity contribution in [1.29, 1.82) is 0 Å². The fraction of sp³-hybridized carbons (Fsp3) is 0.333. The van der Waals surface area contributed by atoms with Gasteiger partial charge in [-0.3, -0.25) is 14.7 Å². The number of hydrogen-bond acceptors (Lipinski definition) is 9. The van der Waals surface area contributed by atoms with E-state index >= 15 is 0 Å². The average molecular weight is 495 g/mol. The number of nitrogens with one attached hydrogen (secondary N) is 1. The number of hydrogen-bond donors (Lipinski definition) is 2. The summed E-state index contributed by atoms with van der Waals surface area (Å²) in [6.07, 6.45) is 1.61. The van der Waals surface area contributed by atoms with Crippen LogP contribution in [0.1, 0.15) is 16.6 Å². The SMILES string of the molecule is COC(=O)[C@@H]1COCCN1CC1=C(C(=O)O)C(c2ccc(F)cc2Cl)N=C(c2nccs2)N1. The quantitative estimate of drug-likeness (QED) is 0.588. The van der Waals surface area contributed by atoms with E-state index in [1.807, 2.05) is 0 Å². The van der Waals surface area contributed by atoms with E-state index < -0.39 is 29.8 Å². The Morgan fingerprint density at radius 2 is 2.27 bits per heavy atom. The van der Waals surface area contributed by atoms with Crippen molar-refractivity contribution in [1.82, 2.24) is 15.2 Å². The highest BCUT2D eigenvalue weighted by molar-refractivity contribution is 7.11. The molecule has 2 aliphatic rings. The molecule has 2 N–H and O–H groups in total. The van der Waals surface area contributed by atoms with Gasteiger partial charge < -0.3 is 19.9 Å². The third-order valence-electron chi connectivity index (χ3n) is 5.32. The van der Waals surface area contributed by atoms with Crippen molar-refractivity contribution < 1.29 is 28.6 Å². The molecule has 1 aromatic heterocycles. The minimum absolute atomic E-state index is 0.0565. The van der Waals surface area contributed by atoms with Gasteiger partial charge in [0.1, 0.15) is 17.9 Å². The van der Waals surface area contributed by atoms with Crippen LogP contribution in [0.25, 0.3) is 0 Å². The Hall–Kier alpha value is -2.86. The number of methoxy groups -OCH3 is 1. The molecule has 9 nitrogen and oxygen atoms in total. The monoisotopic (exact) mass is 494 g/mol. The maximum atomic E-state index is 13.7. The van der Waals surface area contributed by atoms with E-state index in [-0.39, 0.29) is 23.7 Å². The highest BCUT2D eigenvalue weighted by atomic mass is 35.5. The lowest BCUT2D eigenvalue weighted by atomic mass is 9.95. The smallest absolute Gasteiger partial charge is 0.335 e. The fourth-order valence-corrected chi connectivity index (χ4v) is 4.61. The number of thiazole rings is 1. The standard InChI is InChI=1S/C21H20ClFN4O5S/c1-31-21(30)15-10-32-6-5-27(15)9-14-16(20(28)29)17(12-3-2-11(23)8-13(12)22)26-18(25-14)19-24-4-7-33-19/h2-4,7-8,15,17H,5-6,9-10H2,1H3,(H,25,26)(H,28,29)/t15-,17?/m0/s1. The van der Waals surface area contributed by atoms with Crippen LogP contribution in [0.4, 0.5) is 4.39 Å². The zero-order valence-corrected chi connectivity index (χ0v) is 19.0. The molecule has 3 heterocycles. The van der Waals surface area contributed by atoms with E-state index in [1.54, 1.807) is 16.5 Å². The number of aliphatic imine (C=N–C) groups is 1. The molecule has 0 bridgehead atoms. The van der Waals surface area contributed by atoms with Crippen molar-refractivity contribution in [3.8, 4) is 0 Å². The van der Waals surface area contributed by atoms with Crippen molar-refractivity contribution in [2.45, 2.75) is 12.1 Å². The summed E-state index contributed by atoms with van der Waals surface area (Å²) in [7, 11) is 1.29. The maximum Gasteiger partial charge on any atom is 0.335 e. The topological polar surface area (TPSA) is 113 Å². The molecule has 4 rings (SSSR count). The van der Waals surface area contributed by atoms with Gasteiger partial charge in [0.05, 0.1) is 25.9 Å². The Balaban J connectivity index is 1.79. The first-order valence-corrected chi connectivity index (χ1v) is 11.2. The van der Waals surface area contributed by atoms with Gasteiger partial charge in [0.15, 0.2) is 10.8 Å². The molecule has 0 aliphatic carbocycles. The van der Waals surface area contributed by atoms with E-state index in [0.717, 1.165) is 6.07 Å². The van der Waals surface area contributed by atoms with Gasteiger partial charge in [0, 0.05) is 40.9 Å². The number of amidine groups is 1. The molecule has 12 heteroatoms. The molecule has 1 fully saturated rings. The first-order chi connectivity index (χ1) is 15.9. The van der Waals surface area contributed by atoms with Crippen LogP contribution in [0.5, 0.6) is 0 Å². The second-order valence-electron chi connectivity index (χ2n) is 7.29. The van der Waals surface area contributed by atoms with Gasteiger partial charge in [-0.25, -0.2) is 14.2 Å². The summed E-state index contributed by atoms with van der Waals surface area (Å²) in [5, 5.41) is 15.6. The fourth-order valence-electron chi connectivity index (χ4n) is 3.75. The van der Waals surface area contributed by atoms with Crippen LogP contribution in [0.3, 0.4) is 0 Å². The van der Waals surface area contributed by atoms with E-state index in [1.165, 1.54) is 30.6 Å². The van der Waals surface area contributed by atoms with Gasteiger partial charge in [-0.1, -0.05) is 17.7 Å². The van der Waals surface area contributed by atoms with Crippen LogP contribution < -0.4 is 5.32 Å². The molecule has 174 valence electrons. The number of nitrogens with zero attached hydrogens (tertiary/aromatic N) is 3. The third kappa shape index (κ3) is 4.91. The van der Waals surface area contributed by atoms with Crippen LogP contribution in [-0.2, 0) is 19.1 Å². The first kappa shape index (κ1) is 23.3.